The molecule has 1 heterocycles. The lowest BCUT2D eigenvalue weighted by molar-refractivity contribution is -0.152. The predicted octanol–water partition coefficient (Wildman–Crippen LogP) is 2.10. The Balaban J connectivity index is 2.00. The number of carbonyl (C=O) groups is 2. The van der Waals surface area contributed by atoms with Gasteiger partial charge in [0, 0.05) is 32.2 Å². The fourth-order valence-electron chi connectivity index (χ4n) is 3.19. The molecular formula is C20H29N3O2. The molecule has 2 N–H and O–H groups in total. The lowest BCUT2D eigenvalue weighted by atomic mass is 9.91. The Kier molecular flexibility index (Phi) is 6.76. The van der Waals surface area contributed by atoms with E-state index in [4.69, 9.17) is 5.73 Å². The van der Waals surface area contributed by atoms with Crippen molar-refractivity contribution in [1.29, 1.82) is 0 Å². The summed E-state index contributed by atoms with van der Waals surface area (Å²) in [7, 11) is 0. The molecule has 0 unspecified atom stereocenters. The molecule has 0 spiro atoms. The minimum atomic E-state index is -0.459. The molecule has 0 radical (unpaired) electrons. The van der Waals surface area contributed by atoms with Crippen molar-refractivity contribution in [3.05, 3.63) is 48.0 Å². The van der Waals surface area contributed by atoms with Crippen LogP contribution in [0.5, 0.6) is 0 Å². The SMILES string of the molecule is C=CCN(Cc1ccc(C)cc1)C(=O)C(=O)N1CCC([C@@H](C)N)CC1. The largest absolute Gasteiger partial charge is 0.334 e. The number of amides is 2. The van der Waals surface area contributed by atoms with Crippen LogP contribution in [0.25, 0.3) is 0 Å². The molecule has 0 aliphatic carbocycles. The molecule has 136 valence electrons. The summed E-state index contributed by atoms with van der Waals surface area (Å²) in [6.45, 7) is 9.69. The molecule has 5 heteroatoms. The third-order valence-electron chi connectivity index (χ3n) is 4.88. The molecule has 1 saturated heterocycles. The minimum Gasteiger partial charge on any atom is -0.334 e. The summed E-state index contributed by atoms with van der Waals surface area (Å²) in [5.41, 5.74) is 8.11. The van der Waals surface area contributed by atoms with Crippen molar-refractivity contribution >= 4 is 11.8 Å². The summed E-state index contributed by atoms with van der Waals surface area (Å²) < 4.78 is 0. The van der Waals surface area contributed by atoms with Crippen molar-refractivity contribution in [1.82, 2.24) is 9.80 Å². The number of carbonyl (C=O) groups excluding carboxylic acids is 2. The second-order valence-electron chi connectivity index (χ2n) is 6.95. The zero-order valence-corrected chi connectivity index (χ0v) is 15.3. The van der Waals surface area contributed by atoms with Crippen LogP contribution in [-0.2, 0) is 16.1 Å². The van der Waals surface area contributed by atoms with E-state index in [9.17, 15) is 9.59 Å². The van der Waals surface area contributed by atoms with Gasteiger partial charge in [0.05, 0.1) is 0 Å². The van der Waals surface area contributed by atoms with Crippen LogP contribution in [0, 0.1) is 12.8 Å². The number of rotatable bonds is 5. The Bertz CT molecular complexity index is 602. The molecule has 5 nitrogen and oxygen atoms in total. The van der Waals surface area contributed by atoms with E-state index in [1.807, 2.05) is 38.1 Å². The number of hydrogen-bond acceptors (Lipinski definition) is 3. The summed E-state index contributed by atoms with van der Waals surface area (Å²) in [6, 6.07) is 8.11. The fraction of sp³-hybridized carbons (Fsp3) is 0.500. The third kappa shape index (κ3) is 5.16. The highest BCUT2D eigenvalue weighted by atomic mass is 16.2. The Labute approximate surface area is 150 Å². The van der Waals surface area contributed by atoms with Gasteiger partial charge >= 0.3 is 11.8 Å². The molecule has 1 aromatic carbocycles. The van der Waals surface area contributed by atoms with Gasteiger partial charge in [-0.05, 0) is 38.2 Å². The number of hydrogen-bond donors (Lipinski definition) is 1. The van der Waals surface area contributed by atoms with Gasteiger partial charge in [0.25, 0.3) is 0 Å². The molecule has 0 bridgehead atoms. The molecule has 1 fully saturated rings. The molecule has 2 amide bonds. The summed E-state index contributed by atoms with van der Waals surface area (Å²) in [5.74, 6) is -0.451. The maximum Gasteiger partial charge on any atom is 0.312 e. The number of piperidine rings is 1. The van der Waals surface area contributed by atoms with Gasteiger partial charge in [0.15, 0.2) is 0 Å². The molecule has 1 aliphatic rings. The van der Waals surface area contributed by atoms with Crippen LogP contribution in [0.4, 0.5) is 0 Å². The van der Waals surface area contributed by atoms with E-state index in [1.165, 1.54) is 5.56 Å². The molecule has 25 heavy (non-hydrogen) atoms. The zero-order chi connectivity index (χ0) is 18.4. The van der Waals surface area contributed by atoms with Gasteiger partial charge in [-0.1, -0.05) is 35.9 Å². The van der Waals surface area contributed by atoms with Crippen LogP contribution >= 0.6 is 0 Å². The highest BCUT2D eigenvalue weighted by Gasteiger charge is 2.30. The Morgan fingerprint density at radius 1 is 1.32 bits per heavy atom. The molecule has 0 aromatic heterocycles. The van der Waals surface area contributed by atoms with Crippen molar-refractivity contribution in [2.24, 2.45) is 11.7 Å². The molecule has 1 atom stereocenters. The van der Waals surface area contributed by atoms with Gasteiger partial charge in [0.1, 0.15) is 0 Å². The summed E-state index contributed by atoms with van der Waals surface area (Å²) in [5, 5.41) is 0. The first-order valence-electron chi connectivity index (χ1n) is 8.92. The lowest BCUT2D eigenvalue weighted by Gasteiger charge is -2.34. The number of likely N-dealkylation sites (tertiary alicyclic amines) is 1. The van der Waals surface area contributed by atoms with Gasteiger partial charge in [-0.2, -0.15) is 0 Å². The van der Waals surface area contributed by atoms with Crippen molar-refractivity contribution < 1.29 is 9.59 Å². The van der Waals surface area contributed by atoms with E-state index >= 15 is 0 Å². The molecule has 2 rings (SSSR count). The van der Waals surface area contributed by atoms with Gasteiger partial charge in [0.2, 0.25) is 0 Å². The standard InChI is InChI=1S/C20H29N3O2/c1-4-11-23(14-17-7-5-15(2)6-8-17)20(25)19(24)22-12-9-18(10-13-22)16(3)21/h4-8,16,18H,1,9-14,21H2,2-3H3/t16-/m1/s1. The van der Waals surface area contributed by atoms with Crippen LogP contribution in [0.2, 0.25) is 0 Å². The minimum absolute atomic E-state index is 0.131. The molecule has 1 aliphatic heterocycles. The van der Waals surface area contributed by atoms with E-state index in [0.717, 1.165) is 18.4 Å². The summed E-state index contributed by atoms with van der Waals surface area (Å²) in [4.78, 5) is 28.5. The molecule has 0 saturated carbocycles. The topological polar surface area (TPSA) is 66.6 Å². The quantitative estimate of drug-likeness (QED) is 0.658. The third-order valence-corrected chi connectivity index (χ3v) is 4.88. The van der Waals surface area contributed by atoms with Crippen molar-refractivity contribution in [3.63, 3.8) is 0 Å². The number of nitrogens with two attached hydrogens (primary N) is 1. The van der Waals surface area contributed by atoms with Crippen molar-refractivity contribution in [2.75, 3.05) is 19.6 Å². The second kappa shape index (κ2) is 8.81. The van der Waals surface area contributed by atoms with Crippen LogP contribution in [0.15, 0.2) is 36.9 Å². The number of nitrogens with zero attached hydrogens (tertiary/aromatic N) is 2. The van der Waals surface area contributed by atoms with Gasteiger partial charge in [-0.25, -0.2) is 0 Å². The maximum atomic E-state index is 12.7. The second-order valence-corrected chi connectivity index (χ2v) is 6.95. The van der Waals surface area contributed by atoms with Gasteiger partial charge in [-0.15, -0.1) is 6.58 Å². The molecular weight excluding hydrogens is 314 g/mol. The average molecular weight is 343 g/mol. The van der Waals surface area contributed by atoms with E-state index in [-0.39, 0.29) is 6.04 Å². The first-order valence-corrected chi connectivity index (χ1v) is 8.92. The van der Waals surface area contributed by atoms with E-state index in [2.05, 4.69) is 6.58 Å². The van der Waals surface area contributed by atoms with E-state index in [0.29, 0.717) is 32.1 Å². The van der Waals surface area contributed by atoms with E-state index < -0.39 is 11.8 Å². The van der Waals surface area contributed by atoms with E-state index in [1.54, 1.807) is 15.9 Å². The average Bonchev–Trinajstić information content (AvgIpc) is 2.62. The first kappa shape index (κ1) is 19.2. The Hall–Kier alpha value is -2.14. The first-order chi connectivity index (χ1) is 11.9. The fourth-order valence-corrected chi connectivity index (χ4v) is 3.19. The normalized spacial score (nSPS) is 16.4. The number of aryl methyl sites for hydroxylation is 1. The highest BCUT2D eigenvalue weighted by molar-refractivity contribution is 6.34. The summed E-state index contributed by atoms with van der Waals surface area (Å²) in [6.07, 6.45) is 3.37. The zero-order valence-electron chi connectivity index (χ0n) is 15.3. The van der Waals surface area contributed by atoms with Gasteiger partial charge in [-0.3, -0.25) is 9.59 Å². The van der Waals surface area contributed by atoms with Crippen molar-refractivity contribution in [3.8, 4) is 0 Å². The Morgan fingerprint density at radius 2 is 1.92 bits per heavy atom. The predicted molar refractivity (Wildman–Crippen MR) is 99.7 cm³/mol. The monoisotopic (exact) mass is 343 g/mol. The maximum absolute atomic E-state index is 12.7. The van der Waals surface area contributed by atoms with Crippen LogP contribution in [-0.4, -0.2) is 47.3 Å². The van der Waals surface area contributed by atoms with Crippen LogP contribution in [0.3, 0.4) is 0 Å². The molecule has 1 aromatic rings. The van der Waals surface area contributed by atoms with Gasteiger partial charge < -0.3 is 15.5 Å². The smallest absolute Gasteiger partial charge is 0.312 e. The Morgan fingerprint density at radius 3 is 2.44 bits per heavy atom. The lowest BCUT2D eigenvalue weighted by Crippen LogP contribution is -2.49. The van der Waals surface area contributed by atoms with Crippen LogP contribution in [0.1, 0.15) is 30.9 Å². The van der Waals surface area contributed by atoms with Crippen LogP contribution < -0.4 is 5.73 Å². The highest BCUT2D eigenvalue weighted by Crippen LogP contribution is 2.20. The summed E-state index contributed by atoms with van der Waals surface area (Å²) >= 11 is 0. The van der Waals surface area contributed by atoms with Crippen molar-refractivity contribution in [2.45, 2.75) is 39.3 Å². The number of benzene rings is 1.